The number of hydrogen-bond acceptors (Lipinski definition) is 4. The van der Waals surface area contributed by atoms with E-state index < -0.39 is 0 Å². The van der Waals surface area contributed by atoms with Gasteiger partial charge in [0.1, 0.15) is 5.82 Å². The van der Waals surface area contributed by atoms with Crippen LogP contribution in [0.1, 0.15) is 18.4 Å². The average molecular weight is 249 g/mol. The Labute approximate surface area is 105 Å². The summed E-state index contributed by atoms with van der Waals surface area (Å²) in [6.07, 6.45) is 1.78. The predicted molar refractivity (Wildman–Crippen MR) is 66.2 cm³/mol. The number of halogens is 1. The van der Waals surface area contributed by atoms with Crippen molar-refractivity contribution in [3.8, 4) is 11.4 Å². The highest BCUT2D eigenvalue weighted by Crippen LogP contribution is 2.21. The minimum Gasteiger partial charge on any atom is -0.330 e. The summed E-state index contributed by atoms with van der Waals surface area (Å²) in [5, 5.41) is 11.4. The van der Waals surface area contributed by atoms with Crippen molar-refractivity contribution >= 4 is 0 Å². The third kappa shape index (κ3) is 2.70. The maximum atomic E-state index is 13.8. The highest BCUT2D eigenvalue weighted by atomic mass is 19.1. The molecule has 0 aliphatic carbocycles. The van der Waals surface area contributed by atoms with E-state index in [1.54, 1.807) is 16.8 Å². The number of nitrogens with zero attached hydrogens (tertiary/aromatic N) is 4. The smallest absolute Gasteiger partial charge is 0.184 e. The number of tetrazole rings is 1. The van der Waals surface area contributed by atoms with Gasteiger partial charge in [0.05, 0.1) is 5.56 Å². The second-order valence-electron chi connectivity index (χ2n) is 4.20. The zero-order valence-corrected chi connectivity index (χ0v) is 10.3. The number of rotatable bonds is 5. The molecule has 0 unspecified atom stereocenters. The Balaban J connectivity index is 2.27. The van der Waals surface area contributed by atoms with Gasteiger partial charge in [0.2, 0.25) is 0 Å². The average Bonchev–Trinajstić information content (AvgIpc) is 2.81. The number of nitrogens with two attached hydrogens (primary N) is 1. The normalized spacial score (nSPS) is 10.8. The van der Waals surface area contributed by atoms with Crippen LogP contribution in [0.15, 0.2) is 18.2 Å². The molecule has 0 fully saturated rings. The molecule has 0 aliphatic rings. The Hall–Kier alpha value is -1.82. The van der Waals surface area contributed by atoms with Crippen molar-refractivity contribution in [2.45, 2.75) is 26.3 Å². The molecule has 0 radical (unpaired) electrons. The summed E-state index contributed by atoms with van der Waals surface area (Å²) in [6.45, 7) is 3.19. The quantitative estimate of drug-likeness (QED) is 0.816. The van der Waals surface area contributed by atoms with Gasteiger partial charge in [-0.2, -0.15) is 0 Å². The van der Waals surface area contributed by atoms with E-state index in [4.69, 9.17) is 5.73 Å². The molecule has 0 spiro atoms. The summed E-state index contributed by atoms with van der Waals surface area (Å²) in [4.78, 5) is 0. The molecule has 1 aromatic heterocycles. The van der Waals surface area contributed by atoms with Crippen LogP contribution >= 0.6 is 0 Å². The van der Waals surface area contributed by atoms with Gasteiger partial charge >= 0.3 is 0 Å². The van der Waals surface area contributed by atoms with E-state index in [1.807, 2.05) is 6.92 Å². The maximum Gasteiger partial charge on any atom is 0.184 e. The summed E-state index contributed by atoms with van der Waals surface area (Å²) in [6, 6.07) is 4.91. The van der Waals surface area contributed by atoms with E-state index in [0.717, 1.165) is 18.4 Å². The van der Waals surface area contributed by atoms with Crippen molar-refractivity contribution in [1.82, 2.24) is 20.2 Å². The van der Waals surface area contributed by atoms with Crippen LogP contribution in [0.25, 0.3) is 11.4 Å². The van der Waals surface area contributed by atoms with Crippen LogP contribution in [0.5, 0.6) is 0 Å². The molecule has 2 N–H and O–H groups in total. The Morgan fingerprint density at radius 1 is 1.33 bits per heavy atom. The summed E-state index contributed by atoms with van der Waals surface area (Å²) < 4.78 is 15.4. The largest absolute Gasteiger partial charge is 0.330 e. The topological polar surface area (TPSA) is 69.6 Å². The summed E-state index contributed by atoms with van der Waals surface area (Å²) in [5.74, 6) is 0.156. The predicted octanol–water partition coefficient (Wildman–Crippen LogP) is 1.53. The van der Waals surface area contributed by atoms with Crippen LogP contribution in [0.3, 0.4) is 0 Å². The van der Waals surface area contributed by atoms with Gasteiger partial charge in [-0.05, 0) is 48.9 Å². The van der Waals surface area contributed by atoms with Gasteiger partial charge in [0.15, 0.2) is 5.82 Å². The molecular formula is C12H16FN5. The van der Waals surface area contributed by atoms with Crippen LogP contribution in [0, 0.1) is 12.7 Å². The van der Waals surface area contributed by atoms with E-state index in [0.29, 0.717) is 24.5 Å². The Kier molecular flexibility index (Phi) is 3.99. The Morgan fingerprint density at radius 2 is 2.17 bits per heavy atom. The van der Waals surface area contributed by atoms with Gasteiger partial charge < -0.3 is 5.73 Å². The van der Waals surface area contributed by atoms with Crippen LogP contribution in [-0.4, -0.2) is 26.8 Å². The van der Waals surface area contributed by atoms with Crippen LogP contribution in [-0.2, 0) is 6.54 Å². The van der Waals surface area contributed by atoms with Crippen molar-refractivity contribution in [2.75, 3.05) is 6.54 Å². The van der Waals surface area contributed by atoms with E-state index in [1.165, 1.54) is 6.07 Å². The fraction of sp³-hybridized carbons (Fsp3) is 0.417. The van der Waals surface area contributed by atoms with E-state index in [9.17, 15) is 4.39 Å². The third-order valence-corrected chi connectivity index (χ3v) is 2.72. The number of unbranched alkanes of at least 4 members (excludes halogenated alkanes) is 1. The molecule has 18 heavy (non-hydrogen) atoms. The van der Waals surface area contributed by atoms with Crippen molar-refractivity contribution < 1.29 is 4.39 Å². The fourth-order valence-electron chi connectivity index (χ4n) is 1.76. The molecule has 0 amide bonds. The monoisotopic (exact) mass is 249 g/mol. The first-order chi connectivity index (χ1) is 8.72. The van der Waals surface area contributed by atoms with Gasteiger partial charge in [-0.15, -0.1) is 5.10 Å². The maximum absolute atomic E-state index is 13.8. The third-order valence-electron chi connectivity index (χ3n) is 2.72. The molecule has 96 valence electrons. The molecule has 0 aliphatic heterocycles. The fourth-order valence-corrected chi connectivity index (χ4v) is 1.76. The Morgan fingerprint density at radius 3 is 2.94 bits per heavy atom. The lowest BCUT2D eigenvalue weighted by Crippen LogP contribution is -2.06. The first-order valence-corrected chi connectivity index (χ1v) is 5.95. The van der Waals surface area contributed by atoms with Crippen molar-refractivity contribution in [1.29, 1.82) is 0 Å². The molecule has 0 saturated carbocycles. The zero-order valence-electron chi connectivity index (χ0n) is 10.3. The van der Waals surface area contributed by atoms with Crippen LogP contribution in [0.2, 0.25) is 0 Å². The summed E-state index contributed by atoms with van der Waals surface area (Å²) in [5.41, 5.74) is 6.85. The standard InChI is InChI=1S/C12H16FN5/c1-9-4-5-11(13)10(8-9)12-15-16-17-18(12)7-3-2-6-14/h4-5,8H,2-3,6-7,14H2,1H3. The second kappa shape index (κ2) is 5.68. The van der Waals surface area contributed by atoms with Crippen LogP contribution in [0.4, 0.5) is 4.39 Å². The van der Waals surface area contributed by atoms with Gasteiger partial charge in [0.25, 0.3) is 0 Å². The lowest BCUT2D eigenvalue weighted by molar-refractivity contribution is 0.546. The first-order valence-electron chi connectivity index (χ1n) is 5.95. The van der Waals surface area contributed by atoms with E-state index >= 15 is 0 Å². The molecule has 6 heteroatoms. The molecule has 0 bridgehead atoms. The number of benzene rings is 1. The first kappa shape index (κ1) is 12.6. The molecule has 2 aromatic rings. The van der Waals surface area contributed by atoms with Gasteiger partial charge in [-0.25, -0.2) is 9.07 Å². The molecule has 1 heterocycles. The summed E-state index contributed by atoms with van der Waals surface area (Å²) in [7, 11) is 0. The zero-order chi connectivity index (χ0) is 13.0. The molecule has 0 atom stereocenters. The lowest BCUT2D eigenvalue weighted by atomic mass is 10.1. The van der Waals surface area contributed by atoms with E-state index in [-0.39, 0.29) is 5.82 Å². The second-order valence-corrected chi connectivity index (χ2v) is 4.20. The molecule has 0 saturated heterocycles. The van der Waals surface area contributed by atoms with E-state index in [2.05, 4.69) is 15.5 Å². The van der Waals surface area contributed by atoms with Gasteiger partial charge in [-0.3, -0.25) is 0 Å². The number of aromatic nitrogens is 4. The Bertz CT molecular complexity index is 523. The van der Waals surface area contributed by atoms with Gasteiger partial charge in [-0.1, -0.05) is 11.6 Å². The summed E-state index contributed by atoms with van der Waals surface area (Å²) >= 11 is 0. The highest BCUT2D eigenvalue weighted by molar-refractivity contribution is 5.56. The molecular weight excluding hydrogens is 233 g/mol. The lowest BCUT2D eigenvalue weighted by Gasteiger charge is -2.06. The van der Waals surface area contributed by atoms with Crippen molar-refractivity contribution in [2.24, 2.45) is 5.73 Å². The number of hydrogen-bond donors (Lipinski definition) is 1. The minimum absolute atomic E-state index is 0.310. The number of aryl methyl sites for hydroxylation is 2. The minimum atomic E-state index is -0.310. The van der Waals surface area contributed by atoms with Crippen molar-refractivity contribution in [3.05, 3.63) is 29.6 Å². The SMILES string of the molecule is Cc1ccc(F)c(-c2nnnn2CCCCN)c1. The molecule has 5 nitrogen and oxygen atoms in total. The van der Waals surface area contributed by atoms with Crippen LogP contribution < -0.4 is 5.73 Å². The molecule has 1 aromatic carbocycles. The van der Waals surface area contributed by atoms with Crippen molar-refractivity contribution in [3.63, 3.8) is 0 Å². The molecule has 2 rings (SSSR count). The van der Waals surface area contributed by atoms with Gasteiger partial charge in [0, 0.05) is 6.54 Å². The highest BCUT2D eigenvalue weighted by Gasteiger charge is 2.13.